The molecule has 66 valence electrons. The molecule has 1 aromatic carbocycles. The Kier molecular flexibility index (Phi) is 2.95. The third-order valence-electron chi connectivity index (χ3n) is 1.90. The van der Waals surface area contributed by atoms with E-state index in [0.29, 0.717) is 5.02 Å². The van der Waals surface area contributed by atoms with E-state index in [1.807, 2.05) is 20.0 Å². The summed E-state index contributed by atoms with van der Waals surface area (Å²) < 4.78 is 0. The molecule has 0 radical (unpaired) electrons. The average molecular weight is 186 g/mol. The normalized spacial score (nSPS) is 12.9. The monoisotopic (exact) mass is 185 g/mol. The lowest BCUT2D eigenvalue weighted by molar-refractivity contribution is 0.475. The summed E-state index contributed by atoms with van der Waals surface area (Å²) in [5, 5.41) is 12.6. The highest BCUT2D eigenvalue weighted by Crippen LogP contribution is 2.26. The fraction of sp³-hybridized carbons (Fsp3) is 0.333. The molecule has 2 nitrogen and oxygen atoms in total. The molecular weight excluding hydrogens is 174 g/mol. The van der Waals surface area contributed by atoms with E-state index >= 15 is 0 Å². The number of halogens is 1. The van der Waals surface area contributed by atoms with Crippen molar-refractivity contribution in [3.05, 3.63) is 28.8 Å². The van der Waals surface area contributed by atoms with Crippen molar-refractivity contribution < 1.29 is 5.11 Å². The van der Waals surface area contributed by atoms with Gasteiger partial charge in [0.1, 0.15) is 5.75 Å². The van der Waals surface area contributed by atoms with Gasteiger partial charge in [0.05, 0.1) is 5.02 Å². The Hall–Kier alpha value is -0.730. The summed E-state index contributed by atoms with van der Waals surface area (Å²) in [6, 6.07) is 5.47. The number of phenols is 1. The van der Waals surface area contributed by atoms with Crippen molar-refractivity contribution in [2.24, 2.45) is 0 Å². The van der Waals surface area contributed by atoms with Crippen LogP contribution in [0.4, 0.5) is 0 Å². The summed E-state index contributed by atoms with van der Waals surface area (Å²) >= 11 is 5.74. The second kappa shape index (κ2) is 3.78. The van der Waals surface area contributed by atoms with Crippen LogP contribution in [0.15, 0.2) is 18.2 Å². The first-order chi connectivity index (χ1) is 5.65. The fourth-order valence-electron chi connectivity index (χ4n) is 0.959. The molecule has 0 aliphatic rings. The Bertz CT molecular complexity index is 275. The highest BCUT2D eigenvalue weighted by atomic mass is 35.5. The minimum absolute atomic E-state index is 0.128. The van der Waals surface area contributed by atoms with Crippen LogP contribution in [0.1, 0.15) is 18.5 Å². The van der Waals surface area contributed by atoms with Crippen LogP contribution in [0.25, 0.3) is 0 Å². The lowest BCUT2D eigenvalue weighted by Gasteiger charge is -2.10. The van der Waals surface area contributed by atoms with Crippen molar-refractivity contribution in [1.82, 2.24) is 5.32 Å². The molecule has 0 heterocycles. The maximum atomic E-state index is 9.15. The Morgan fingerprint density at radius 1 is 1.50 bits per heavy atom. The smallest absolute Gasteiger partial charge is 0.134 e. The second-order valence-electron chi connectivity index (χ2n) is 2.72. The van der Waals surface area contributed by atoms with Gasteiger partial charge < -0.3 is 10.4 Å². The predicted molar refractivity (Wildman–Crippen MR) is 50.6 cm³/mol. The van der Waals surface area contributed by atoms with E-state index in [-0.39, 0.29) is 11.8 Å². The van der Waals surface area contributed by atoms with Crippen molar-refractivity contribution in [2.75, 3.05) is 7.05 Å². The van der Waals surface area contributed by atoms with E-state index in [9.17, 15) is 0 Å². The fourth-order valence-corrected chi connectivity index (χ4v) is 1.15. The van der Waals surface area contributed by atoms with Crippen molar-refractivity contribution >= 4 is 11.6 Å². The van der Waals surface area contributed by atoms with Crippen LogP contribution in [-0.4, -0.2) is 12.2 Å². The Labute approximate surface area is 77.2 Å². The van der Waals surface area contributed by atoms with Gasteiger partial charge in [0.25, 0.3) is 0 Å². The van der Waals surface area contributed by atoms with Crippen molar-refractivity contribution in [3.63, 3.8) is 0 Å². The zero-order chi connectivity index (χ0) is 9.14. The number of aromatic hydroxyl groups is 1. The van der Waals surface area contributed by atoms with Gasteiger partial charge in [-0.15, -0.1) is 0 Å². The zero-order valence-electron chi connectivity index (χ0n) is 7.13. The molecule has 1 unspecified atom stereocenters. The molecule has 0 aliphatic carbocycles. The Morgan fingerprint density at radius 2 is 2.17 bits per heavy atom. The van der Waals surface area contributed by atoms with Gasteiger partial charge in [0.2, 0.25) is 0 Å². The first kappa shape index (κ1) is 9.36. The van der Waals surface area contributed by atoms with Gasteiger partial charge in [-0.2, -0.15) is 0 Å². The van der Waals surface area contributed by atoms with Gasteiger partial charge in [-0.1, -0.05) is 17.7 Å². The molecule has 2 N–H and O–H groups in total. The topological polar surface area (TPSA) is 32.3 Å². The molecule has 0 aromatic heterocycles. The molecule has 0 saturated carbocycles. The van der Waals surface area contributed by atoms with Gasteiger partial charge in [-0.05, 0) is 31.7 Å². The summed E-state index contributed by atoms with van der Waals surface area (Å²) in [5.74, 6) is 0.128. The van der Waals surface area contributed by atoms with E-state index in [1.54, 1.807) is 12.1 Å². The first-order valence-electron chi connectivity index (χ1n) is 3.81. The minimum atomic E-state index is 0.128. The highest BCUT2D eigenvalue weighted by molar-refractivity contribution is 6.32. The number of rotatable bonds is 2. The molecule has 1 atom stereocenters. The zero-order valence-corrected chi connectivity index (χ0v) is 7.89. The molecule has 1 rings (SSSR count). The van der Waals surface area contributed by atoms with Crippen molar-refractivity contribution in [1.29, 1.82) is 0 Å². The van der Waals surface area contributed by atoms with Gasteiger partial charge in [0, 0.05) is 6.04 Å². The number of hydrogen-bond donors (Lipinski definition) is 2. The molecule has 0 fully saturated rings. The van der Waals surface area contributed by atoms with Crippen LogP contribution in [0.2, 0.25) is 5.02 Å². The summed E-state index contributed by atoms with van der Waals surface area (Å²) in [7, 11) is 1.88. The lowest BCUT2D eigenvalue weighted by atomic mass is 10.1. The maximum Gasteiger partial charge on any atom is 0.134 e. The SMILES string of the molecule is CNC(C)c1ccc(O)c(Cl)c1. The molecule has 0 aliphatic heterocycles. The molecule has 12 heavy (non-hydrogen) atoms. The van der Waals surface area contributed by atoms with E-state index in [4.69, 9.17) is 16.7 Å². The van der Waals surface area contributed by atoms with Gasteiger partial charge in [0.15, 0.2) is 0 Å². The second-order valence-corrected chi connectivity index (χ2v) is 3.13. The Morgan fingerprint density at radius 3 is 2.67 bits per heavy atom. The number of phenolic OH excluding ortho intramolecular Hbond substituents is 1. The van der Waals surface area contributed by atoms with Gasteiger partial charge >= 0.3 is 0 Å². The van der Waals surface area contributed by atoms with Crippen molar-refractivity contribution in [2.45, 2.75) is 13.0 Å². The van der Waals surface area contributed by atoms with Crippen LogP contribution < -0.4 is 5.32 Å². The Balaban J connectivity index is 2.96. The van der Waals surface area contributed by atoms with Crippen LogP contribution in [0.3, 0.4) is 0 Å². The molecule has 0 spiro atoms. The quantitative estimate of drug-likeness (QED) is 0.741. The summed E-state index contributed by atoms with van der Waals surface area (Å²) in [5.41, 5.74) is 1.07. The maximum absolute atomic E-state index is 9.15. The number of hydrogen-bond acceptors (Lipinski definition) is 2. The van der Waals surface area contributed by atoms with Gasteiger partial charge in [-0.3, -0.25) is 0 Å². The highest BCUT2D eigenvalue weighted by Gasteiger charge is 2.04. The first-order valence-corrected chi connectivity index (χ1v) is 4.18. The van der Waals surface area contributed by atoms with E-state index < -0.39 is 0 Å². The van der Waals surface area contributed by atoms with E-state index in [1.165, 1.54) is 0 Å². The van der Waals surface area contributed by atoms with E-state index in [2.05, 4.69) is 5.32 Å². The number of benzene rings is 1. The van der Waals surface area contributed by atoms with Crippen LogP contribution in [0.5, 0.6) is 5.75 Å². The molecular formula is C9H12ClNO. The summed E-state index contributed by atoms with van der Waals surface area (Å²) in [4.78, 5) is 0. The standard InChI is InChI=1S/C9H12ClNO/c1-6(11-2)7-3-4-9(12)8(10)5-7/h3-6,11-12H,1-2H3. The predicted octanol–water partition coefficient (Wildman–Crippen LogP) is 2.33. The molecule has 0 saturated heterocycles. The molecule has 1 aromatic rings. The van der Waals surface area contributed by atoms with Gasteiger partial charge in [-0.25, -0.2) is 0 Å². The minimum Gasteiger partial charge on any atom is -0.506 e. The lowest BCUT2D eigenvalue weighted by Crippen LogP contribution is -2.11. The molecule has 0 bridgehead atoms. The van der Waals surface area contributed by atoms with Crippen LogP contribution in [0, 0.1) is 0 Å². The molecule has 3 heteroatoms. The summed E-state index contributed by atoms with van der Waals surface area (Å²) in [6.07, 6.45) is 0. The average Bonchev–Trinajstić information content (AvgIpc) is 2.08. The van der Waals surface area contributed by atoms with Crippen LogP contribution >= 0.6 is 11.6 Å². The third-order valence-corrected chi connectivity index (χ3v) is 2.21. The number of nitrogens with one attached hydrogen (secondary N) is 1. The van der Waals surface area contributed by atoms with E-state index in [0.717, 1.165) is 5.56 Å². The summed E-state index contributed by atoms with van der Waals surface area (Å²) in [6.45, 7) is 2.03. The largest absolute Gasteiger partial charge is 0.506 e. The van der Waals surface area contributed by atoms with Crippen molar-refractivity contribution in [3.8, 4) is 5.75 Å². The molecule has 0 amide bonds. The third kappa shape index (κ3) is 1.90. The van der Waals surface area contributed by atoms with Crippen LogP contribution in [-0.2, 0) is 0 Å².